The van der Waals surface area contributed by atoms with Gasteiger partial charge >= 0.3 is 0 Å². The van der Waals surface area contributed by atoms with Crippen LogP contribution in [-0.4, -0.2) is 61.5 Å². The molecule has 0 saturated heterocycles. The summed E-state index contributed by atoms with van der Waals surface area (Å²) < 4.78 is 11.8. The number of carbonyl (C=O) groups excluding carboxylic acids is 1. The van der Waals surface area contributed by atoms with Crippen molar-refractivity contribution in [2.24, 2.45) is 5.10 Å². The molecule has 180 valence electrons. The van der Waals surface area contributed by atoms with E-state index >= 15 is 0 Å². The smallest absolute Gasteiger partial charge is 0.293 e. The number of para-hydroxylation sites is 1. The quantitative estimate of drug-likeness (QED) is 0.356. The lowest BCUT2D eigenvalue weighted by molar-refractivity contribution is 0.0946. The van der Waals surface area contributed by atoms with Crippen molar-refractivity contribution >= 4 is 17.4 Å². The maximum Gasteiger partial charge on any atom is 0.293 e. The molecule has 1 amide bonds. The number of carbonyl (C=O) groups is 1. The Kier molecular flexibility index (Phi) is 7.48. The van der Waals surface area contributed by atoms with Gasteiger partial charge in [0.1, 0.15) is 12.4 Å². The van der Waals surface area contributed by atoms with Crippen LogP contribution < -0.4 is 15.9 Å². The van der Waals surface area contributed by atoms with E-state index < -0.39 is 5.91 Å². The van der Waals surface area contributed by atoms with E-state index in [4.69, 9.17) is 15.1 Å². The fourth-order valence-corrected chi connectivity index (χ4v) is 3.95. The minimum Gasteiger partial charge on any atom is -0.488 e. The lowest BCUT2D eigenvalue weighted by Crippen LogP contribution is -2.34. The van der Waals surface area contributed by atoms with Gasteiger partial charge in [-0.3, -0.25) is 9.69 Å². The van der Waals surface area contributed by atoms with E-state index in [1.54, 1.807) is 6.92 Å². The number of ether oxygens (including phenoxy) is 1. The highest BCUT2D eigenvalue weighted by molar-refractivity contribution is 5.94. The highest BCUT2D eigenvalue weighted by atomic mass is 16.6. The molecule has 34 heavy (non-hydrogen) atoms. The fraction of sp³-hybridized carbons (Fsp3) is 0.455. The number of nitrogens with zero attached hydrogens (tertiary/aromatic N) is 7. The first-order chi connectivity index (χ1) is 16.5. The van der Waals surface area contributed by atoms with Gasteiger partial charge in [-0.25, -0.2) is 10.1 Å². The van der Waals surface area contributed by atoms with Crippen LogP contribution in [0.15, 0.2) is 40.1 Å². The molecule has 3 aromatic rings. The van der Waals surface area contributed by atoms with Gasteiger partial charge in [-0.2, -0.15) is 9.78 Å². The Morgan fingerprint density at radius 1 is 1.26 bits per heavy atom. The largest absolute Gasteiger partial charge is 0.488 e. The monoisotopic (exact) mass is 467 g/mol. The van der Waals surface area contributed by atoms with Crippen molar-refractivity contribution in [3.05, 3.63) is 41.7 Å². The van der Waals surface area contributed by atoms with Crippen LogP contribution in [0, 0.1) is 0 Å². The molecule has 2 aromatic heterocycles. The number of nitrogens with one attached hydrogen (secondary N) is 1. The van der Waals surface area contributed by atoms with E-state index in [2.05, 4.69) is 36.1 Å². The molecule has 0 spiro atoms. The van der Waals surface area contributed by atoms with Crippen LogP contribution in [-0.2, 0) is 6.54 Å². The maximum atomic E-state index is 13.0. The minimum atomic E-state index is -0.493. The van der Waals surface area contributed by atoms with Gasteiger partial charge < -0.3 is 10.5 Å². The molecular weight excluding hydrogens is 438 g/mol. The lowest BCUT2D eigenvalue weighted by atomic mass is 9.94. The van der Waals surface area contributed by atoms with E-state index in [9.17, 15) is 4.79 Å². The Hall–Kier alpha value is -3.80. The van der Waals surface area contributed by atoms with Crippen molar-refractivity contribution in [2.75, 3.05) is 19.4 Å². The van der Waals surface area contributed by atoms with Gasteiger partial charge in [-0.15, -0.1) is 5.10 Å². The third-order valence-corrected chi connectivity index (χ3v) is 5.81. The Bertz CT molecular complexity index is 1120. The summed E-state index contributed by atoms with van der Waals surface area (Å²) >= 11 is 0. The van der Waals surface area contributed by atoms with Crippen LogP contribution in [0.3, 0.4) is 0 Å². The summed E-state index contributed by atoms with van der Waals surface area (Å²) in [7, 11) is 2.03. The molecule has 1 aromatic carbocycles. The van der Waals surface area contributed by atoms with Crippen LogP contribution in [0.5, 0.6) is 5.75 Å². The molecule has 1 fully saturated rings. The number of rotatable bonds is 9. The third kappa shape index (κ3) is 5.57. The summed E-state index contributed by atoms with van der Waals surface area (Å²) in [5, 5.41) is 19.8. The average molecular weight is 468 g/mol. The number of benzene rings is 1. The Labute approximate surface area is 197 Å². The van der Waals surface area contributed by atoms with Gasteiger partial charge in [-0.1, -0.05) is 42.7 Å². The second-order valence-corrected chi connectivity index (χ2v) is 8.37. The molecule has 12 heteroatoms. The van der Waals surface area contributed by atoms with Crippen molar-refractivity contribution in [3.63, 3.8) is 0 Å². The summed E-state index contributed by atoms with van der Waals surface area (Å²) in [6.45, 7) is 2.42. The van der Waals surface area contributed by atoms with Gasteiger partial charge in [0.05, 0.1) is 11.4 Å². The molecule has 0 radical (unpaired) electrons. The van der Waals surface area contributed by atoms with Crippen molar-refractivity contribution in [2.45, 2.75) is 51.6 Å². The highest BCUT2D eigenvalue weighted by Gasteiger charge is 2.27. The topological polar surface area (TPSA) is 150 Å². The van der Waals surface area contributed by atoms with Crippen LogP contribution in [0.2, 0.25) is 0 Å². The molecule has 4 rings (SSSR count). The van der Waals surface area contributed by atoms with E-state index in [1.165, 1.54) is 23.9 Å². The summed E-state index contributed by atoms with van der Waals surface area (Å²) in [6.07, 6.45) is 5.86. The summed E-state index contributed by atoms with van der Waals surface area (Å²) in [5.74, 6) is 0.477. The predicted molar refractivity (Wildman–Crippen MR) is 124 cm³/mol. The average Bonchev–Trinajstić information content (AvgIpc) is 3.48. The Morgan fingerprint density at radius 3 is 2.74 bits per heavy atom. The lowest BCUT2D eigenvalue weighted by Gasteiger charge is -2.31. The summed E-state index contributed by atoms with van der Waals surface area (Å²) in [5.41, 5.74) is 9.67. The number of aromatic nitrogens is 5. The number of nitrogen functional groups attached to an aromatic ring is 1. The van der Waals surface area contributed by atoms with E-state index in [1.807, 2.05) is 37.4 Å². The number of hydrogen-bond acceptors (Lipinski definition) is 10. The number of nitrogens with two attached hydrogens (primary N) is 1. The van der Waals surface area contributed by atoms with Crippen LogP contribution in [0.1, 0.15) is 55.2 Å². The second-order valence-electron chi connectivity index (χ2n) is 8.37. The number of anilines is 1. The zero-order valence-electron chi connectivity index (χ0n) is 19.3. The van der Waals surface area contributed by atoms with Crippen molar-refractivity contribution in [1.29, 1.82) is 0 Å². The van der Waals surface area contributed by atoms with Crippen LogP contribution in [0.25, 0.3) is 5.82 Å². The fourth-order valence-electron chi connectivity index (χ4n) is 3.95. The van der Waals surface area contributed by atoms with E-state index in [0.717, 1.165) is 18.6 Å². The van der Waals surface area contributed by atoms with Crippen molar-refractivity contribution in [3.8, 4) is 11.6 Å². The first-order valence-corrected chi connectivity index (χ1v) is 11.3. The molecule has 0 bridgehead atoms. The van der Waals surface area contributed by atoms with E-state index in [0.29, 0.717) is 24.0 Å². The molecular formula is C22H29N9O3. The predicted octanol–water partition coefficient (Wildman–Crippen LogP) is 2.18. The highest BCUT2D eigenvalue weighted by Crippen LogP contribution is 2.24. The number of hydrogen-bond donors (Lipinski definition) is 2. The summed E-state index contributed by atoms with van der Waals surface area (Å²) in [6, 6.07) is 9.79. The van der Waals surface area contributed by atoms with Crippen LogP contribution >= 0.6 is 0 Å². The SMILES string of the molecule is CC(COc1ccccc1)=NNC(=O)c1nnn(-c2nonc2N)c1CN(C)C1CCCCC1. The van der Waals surface area contributed by atoms with E-state index in [-0.39, 0.29) is 23.9 Å². The Balaban J connectivity index is 1.50. The minimum absolute atomic E-state index is 0.0605. The molecule has 12 nitrogen and oxygen atoms in total. The molecule has 1 aliphatic rings. The van der Waals surface area contributed by atoms with Crippen molar-refractivity contribution in [1.82, 2.24) is 35.6 Å². The molecule has 1 aliphatic carbocycles. The standard InChI is InChI=1S/C22H29N9O3/c1-15(14-33-17-11-7-4-8-12-17)24-26-22(32)19-18(13-30(2)16-9-5-3-6-10-16)31(29-25-19)21-20(23)27-34-28-21/h4,7-8,11-12,16H,3,5-6,9-10,13-14H2,1-2H3,(H2,23,27)(H,26,32). The van der Waals surface area contributed by atoms with Crippen LogP contribution in [0.4, 0.5) is 5.82 Å². The van der Waals surface area contributed by atoms with Gasteiger partial charge in [0, 0.05) is 12.6 Å². The zero-order valence-corrected chi connectivity index (χ0v) is 19.3. The molecule has 0 atom stereocenters. The van der Waals surface area contributed by atoms with Gasteiger partial charge in [0.15, 0.2) is 5.69 Å². The zero-order chi connectivity index (χ0) is 23.9. The Morgan fingerprint density at radius 2 is 2.03 bits per heavy atom. The second kappa shape index (κ2) is 10.9. The molecule has 0 aliphatic heterocycles. The van der Waals surface area contributed by atoms with Gasteiger partial charge in [0.25, 0.3) is 5.91 Å². The van der Waals surface area contributed by atoms with Gasteiger partial charge in [0.2, 0.25) is 11.6 Å². The maximum absolute atomic E-state index is 13.0. The number of amides is 1. The third-order valence-electron chi connectivity index (χ3n) is 5.81. The molecule has 2 heterocycles. The molecule has 0 unspecified atom stereocenters. The first-order valence-electron chi connectivity index (χ1n) is 11.3. The normalized spacial score (nSPS) is 15.0. The summed E-state index contributed by atoms with van der Waals surface area (Å²) in [4.78, 5) is 15.2. The first kappa shape index (κ1) is 23.4. The van der Waals surface area contributed by atoms with Crippen molar-refractivity contribution < 1.29 is 14.2 Å². The molecule has 3 N–H and O–H groups in total. The van der Waals surface area contributed by atoms with Gasteiger partial charge in [-0.05, 0) is 49.3 Å². The molecule has 1 saturated carbocycles. The number of hydrazone groups is 1.